The van der Waals surface area contributed by atoms with Crippen LogP contribution in [-0.4, -0.2) is 18.8 Å². The second kappa shape index (κ2) is 5.98. The molecule has 1 aromatic rings. The van der Waals surface area contributed by atoms with E-state index in [2.05, 4.69) is 69.4 Å². The summed E-state index contributed by atoms with van der Waals surface area (Å²) in [4.78, 5) is 0. The third-order valence-corrected chi connectivity index (χ3v) is 9.82. The van der Waals surface area contributed by atoms with Crippen LogP contribution in [0.1, 0.15) is 40.2 Å². The molecule has 0 saturated heterocycles. The maximum Gasteiger partial charge on any atom is 0.230 e. The molecule has 0 saturated carbocycles. The van der Waals surface area contributed by atoms with Crippen molar-refractivity contribution in [1.29, 1.82) is 0 Å². The zero-order valence-electron chi connectivity index (χ0n) is 11.6. The van der Waals surface area contributed by atoms with E-state index in [1.54, 1.807) is 0 Å². The molecule has 93 valence electrons. The highest BCUT2D eigenvalue weighted by molar-refractivity contribution is 6.90. The minimum absolute atomic E-state index is 0.549. The largest absolute Gasteiger partial charge is 0.453 e. The number of aryl methyl sites for hydroxylation is 1. The van der Waals surface area contributed by atoms with E-state index >= 15 is 0 Å². The minimum atomic E-state index is -1.95. The molecule has 0 aliphatic carbocycles. The molecule has 17 heavy (non-hydrogen) atoms. The maximum atomic E-state index is 5.93. The SMILES string of the molecule is CCc1ccccc1[Si](O[Si])(C(C)C)C(C)C. The second-order valence-electron chi connectivity index (χ2n) is 5.22. The van der Waals surface area contributed by atoms with Crippen LogP contribution in [0.2, 0.25) is 11.1 Å². The smallest absolute Gasteiger partial charge is 0.230 e. The Morgan fingerprint density at radius 2 is 1.65 bits per heavy atom. The van der Waals surface area contributed by atoms with Gasteiger partial charge in [0.1, 0.15) is 0 Å². The highest BCUT2D eigenvalue weighted by atomic mass is 28.4. The summed E-state index contributed by atoms with van der Waals surface area (Å²) >= 11 is 0. The van der Waals surface area contributed by atoms with Crippen LogP contribution in [0.25, 0.3) is 0 Å². The van der Waals surface area contributed by atoms with Gasteiger partial charge in [0, 0.05) is 0 Å². The van der Waals surface area contributed by atoms with Gasteiger partial charge < -0.3 is 4.12 Å². The molecule has 0 fully saturated rings. The summed E-state index contributed by atoms with van der Waals surface area (Å²) < 4.78 is 5.93. The van der Waals surface area contributed by atoms with Gasteiger partial charge in [-0.1, -0.05) is 58.9 Å². The number of hydrogen-bond acceptors (Lipinski definition) is 1. The molecule has 0 spiro atoms. The Hall–Kier alpha value is -0.386. The van der Waals surface area contributed by atoms with E-state index in [1.165, 1.54) is 10.8 Å². The van der Waals surface area contributed by atoms with Gasteiger partial charge in [-0.2, -0.15) is 0 Å². The van der Waals surface area contributed by atoms with E-state index in [1.807, 2.05) is 0 Å². The molecule has 0 atom stereocenters. The van der Waals surface area contributed by atoms with Crippen molar-refractivity contribution in [3.8, 4) is 0 Å². The average Bonchev–Trinajstić information content (AvgIpc) is 2.30. The van der Waals surface area contributed by atoms with Gasteiger partial charge in [0.25, 0.3) is 0 Å². The molecule has 0 aliphatic heterocycles. The van der Waals surface area contributed by atoms with Gasteiger partial charge in [0.15, 0.2) is 0 Å². The Bertz CT molecular complexity index is 353. The lowest BCUT2D eigenvalue weighted by molar-refractivity contribution is 0.563. The molecular formula is C14H23OSi2. The van der Waals surface area contributed by atoms with Gasteiger partial charge >= 0.3 is 0 Å². The van der Waals surface area contributed by atoms with Crippen LogP contribution in [0.3, 0.4) is 0 Å². The molecule has 0 aliphatic rings. The highest BCUT2D eigenvalue weighted by Gasteiger charge is 2.43. The Morgan fingerprint density at radius 3 is 2.06 bits per heavy atom. The fraction of sp³-hybridized carbons (Fsp3) is 0.571. The van der Waals surface area contributed by atoms with Crippen LogP contribution in [-0.2, 0) is 10.5 Å². The molecule has 0 bridgehead atoms. The van der Waals surface area contributed by atoms with Crippen molar-refractivity contribution in [2.24, 2.45) is 0 Å². The van der Waals surface area contributed by atoms with Crippen LogP contribution >= 0.6 is 0 Å². The summed E-state index contributed by atoms with van der Waals surface area (Å²) in [5, 5.41) is 1.45. The van der Waals surface area contributed by atoms with Crippen molar-refractivity contribution < 1.29 is 4.12 Å². The summed E-state index contributed by atoms with van der Waals surface area (Å²) in [5.41, 5.74) is 2.53. The lowest BCUT2D eigenvalue weighted by atomic mass is 10.2. The van der Waals surface area contributed by atoms with E-state index in [4.69, 9.17) is 4.12 Å². The fourth-order valence-electron chi connectivity index (χ4n) is 2.79. The molecular weight excluding hydrogens is 240 g/mol. The summed E-state index contributed by atoms with van der Waals surface area (Å²) in [6.45, 7) is 11.3. The molecule has 1 rings (SSSR count). The highest BCUT2D eigenvalue weighted by Crippen LogP contribution is 2.33. The quantitative estimate of drug-likeness (QED) is 0.741. The molecule has 1 nitrogen and oxygen atoms in total. The second-order valence-corrected chi connectivity index (χ2v) is 10.5. The molecule has 0 amide bonds. The fourth-order valence-corrected chi connectivity index (χ4v) is 8.81. The van der Waals surface area contributed by atoms with Crippen LogP contribution in [0.5, 0.6) is 0 Å². The van der Waals surface area contributed by atoms with E-state index < -0.39 is 8.32 Å². The summed E-state index contributed by atoms with van der Waals surface area (Å²) in [7, 11) is 1.44. The number of hydrogen-bond donors (Lipinski definition) is 0. The molecule has 1 aromatic carbocycles. The van der Waals surface area contributed by atoms with E-state index in [-0.39, 0.29) is 0 Å². The Balaban J connectivity index is 3.40. The summed E-state index contributed by atoms with van der Waals surface area (Å²) in [5.74, 6) is 0. The zero-order chi connectivity index (χ0) is 13.1. The van der Waals surface area contributed by atoms with E-state index in [9.17, 15) is 0 Å². The first kappa shape index (κ1) is 14.7. The van der Waals surface area contributed by atoms with Crippen LogP contribution in [0.15, 0.2) is 24.3 Å². The first-order chi connectivity index (χ1) is 8.00. The first-order valence-corrected chi connectivity index (χ1v) is 8.90. The Kier molecular flexibility index (Phi) is 5.16. The van der Waals surface area contributed by atoms with Gasteiger partial charge in [0.2, 0.25) is 18.8 Å². The Labute approximate surface area is 110 Å². The van der Waals surface area contributed by atoms with Crippen molar-refractivity contribution in [3.05, 3.63) is 29.8 Å². The molecule has 3 radical (unpaired) electrons. The van der Waals surface area contributed by atoms with Crippen molar-refractivity contribution in [3.63, 3.8) is 0 Å². The van der Waals surface area contributed by atoms with Gasteiger partial charge in [-0.25, -0.2) is 0 Å². The van der Waals surface area contributed by atoms with E-state index in [0.717, 1.165) is 6.42 Å². The lowest BCUT2D eigenvalue weighted by Gasteiger charge is -2.39. The van der Waals surface area contributed by atoms with Crippen molar-refractivity contribution in [1.82, 2.24) is 0 Å². The van der Waals surface area contributed by atoms with E-state index in [0.29, 0.717) is 11.1 Å². The van der Waals surface area contributed by atoms with Gasteiger partial charge in [0.05, 0.1) is 0 Å². The maximum absolute atomic E-state index is 5.93. The van der Waals surface area contributed by atoms with Crippen molar-refractivity contribution >= 4 is 24.0 Å². The zero-order valence-corrected chi connectivity index (χ0v) is 13.6. The molecule has 0 aromatic heterocycles. The normalized spacial score (nSPS) is 12.5. The monoisotopic (exact) mass is 263 g/mol. The minimum Gasteiger partial charge on any atom is -0.453 e. The van der Waals surface area contributed by atoms with Gasteiger partial charge in [-0.05, 0) is 28.3 Å². The predicted molar refractivity (Wildman–Crippen MR) is 78.2 cm³/mol. The predicted octanol–water partition coefficient (Wildman–Crippen LogP) is 3.32. The standard InChI is InChI=1S/C14H23OSi2/c1-6-13-9-7-8-10-14(13)17(15-16,11(2)3)12(4)5/h7-12H,6H2,1-5H3. The molecule has 0 N–H and O–H groups in total. The van der Waals surface area contributed by atoms with Crippen molar-refractivity contribution in [2.75, 3.05) is 0 Å². The Morgan fingerprint density at radius 1 is 1.12 bits per heavy atom. The molecule has 0 heterocycles. The molecule has 0 unspecified atom stereocenters. The van der Waals surface area contributed by atoms with Crippen molar-refractivity contribution in [2.45, 2.75) is 52.1 Å². The van der Waals surface area contributed by atoms with Crippen LogP contribution in [0.4, 0.5) is 0 Å². The number of rotatable bonds is 5. The van der Waals surface area contributed by atoms with Crippen LogP contribution in [0, 0.1) is 0 Å². The number of benzene rings is 1. The third kappa shape index (κ3) is 2.56. The van der Waals surface area contributed by atoms with Crippen LogP contribution < -0.4 is 5.19 Å². The third-order valence-electron chi connectivity index (χ3n) is 3.70. The molecule has 3 heteroatoms. The topological polar surface area (TPSA) is 9.23 Å². The van der Waals surface area contributed by atoms with Gasteiger partial charge in [-0.3, -0.25) is 0 Å². The lowest BCUT2D eigenvalue weighted by Crippen LogP contribution is -2.56. The van der Waals surface area contributed by atoms with Gasteiger partial charge in [-0.15, -0.1) is 0 Å². The summed E-state index contributed by atoms with van der Waals surface area (Å²) in [6.07, 6.45) is 1.07. The average molecular weight is 264 g/mol. The first-order valence-electron chi connectivity index (χ1n) is 6.43. The summed E-state index contributed by atoms with van der Waals surface area (Å²) in [6, 6.07) is 8.74.